The topological polar surface area (TPSA) is 164 Å². The monoisotopic (exact) mass is 512 g/mol. The lowest BCUT2D eigenvalue weighted by Gasteiger charge is -2.35. The van der Waals surface area contributed by atoms with Gasteiger partial charge in [-0.25, -0.2) is 9.97 Å². The third-order valence-corrected chi connectivity index (χ3v) is 6.46. The molecule has 2 amide bonds. The van der Waals surface area contributed by atoms with Gasteiger partial charge in [-0.2, -0.15) is 4.37 Å². The zero-order valence-electron chi connectivity index (χ0n) is 20.6. The molecule has 0 radical (unpaired) electrons. The van der Waals surface area contributed by atoms with E-state index in [2.05, 4.69) is 19.7 Å². The van der Waals surface area contributed by atoms with Gasteiger partial charge in [-0.3, -0.25) is 9.59 Å². The average Bonchev–Trinajstić information content (AvgIpc) is 3.28. The predicted molar refractivity (Wildman–Crippen MR) is 142 cm³/mol. The Kier molecular flexibility index (Phi) is 9.14. The average molecular weight is 513 g/mol. The maximum absolute atomic E-state index is 11.6. The summed E-state index contributed by atoms with van der Waals surface area (Å²) in [7, 11) is 3.89. The van der Waals surface area contributed by atoms with E-state index in [1.54, 1.807) is 12.1 Å². The molecule has 1 aromatic carbocycles. The van der Waals surface area contributed by atoms with Crippen LogP contribution in [0.2, 0.25) is 0 Å². The molecule has 0 bridgehead atoms. The summed E-state index contributed by atoms with van der Waals surface area (Å²) in [5.41, 5.74) is 13.1. The smallest absolute Gasteiger partial charge is 0.271 e. The molecule has 1 unspecified atom stereocenters. The lowest BCUT2D eigenvalue weighted by atomic mass is 10.0. The van der Waals surface area contributed by atoms with Gasteiger partial charge < -0.3 is 31.7 Å². The van der Waals surface area contributed by atoms with Gasteiger partial charge in [-0.1, -0.05) is 0 Å². The second kappa shape index (κ2) is 12.3. The van der Waals surface area contributed by atoms with E-state index >= 15 is 0 Å². The number of nitrogens with zero attached hydrogens (tertiary/aromatic N) is 5. The number of amides is 2. The number of hydrogen-bond donors (Lipinski definition) is 4. The van der Waals surface area contributed by atoms with Crippen LogP contribution in [0.1, 0.15) is 45.8 Å². The highest BCUT2D eigenvalue weighted by molar-refractivity contribution is 7.10. The van der Waals surface area contributed by atoms with Crippen molar-refractivity contribution in [1.29, 1.82) is 0 Å². The van der Waals surface area contributed by atoms with E-state index in [0.29, 0.717) is 17.2 Å². The lowest BCUT2D eigenvalue weighted by Crippen LogP contribution is -2.42. The van der Waals surface area contributed by atoms with Gasteiger partial charge in [0.2, 0.25) is 5.91 Å². The number of anilines is 4. The number of piperidine rings is 1. The molecular weight excluding hydrogens is 480 g/mol. The Hall–Kier alpha value is -3.77. The molecule has 1 atom stereocenters. The molecule has 0 saturated carbocycles. The number of primary amides is 2. The predicted octanol–water partition coefficient (Wildman–Crippen LogP) is 2.29. The Morgan fingerprint density at radius 3 is 2.47 bits per heavy atom. The summed E-state index contributed by atoms with van der Waals surface area (Å²) in [6, 6.07) is 9.04. The number of nitrogens with one attached hydrogen (secondary N) is 1. The first-order valence-corrected chi connectivity index (χ1v) is 12.3. The molecule has 0 aliphatic carbocycles. The van der Waals surface area contributed by atoms with Crippen molar-refractivity contribution in [1.82, 2.24) is 14.3 Å². The molecule has 12 heteroatoms. The van der Waals surface area contributed by atoms with E-state index in [9.17, 15) is 14.7 Å². The first-order chi connectivity index (χ1) is 17.2. The fourth-order valence-corrected chi connectivity index (χ4v) is 4.40. The minimum Gasteiger partial charge on any atom is -0.394 e. The lowest BCUT2D eigenvalue weighted by molar-refractivity contribution is 0.0989. The maximum Gasteiger partial charge on any atom is 0.271 e. The molecule has 36 heavy (non-hydrogen) atoms. The SMILES string of the molecule is CN(C)c1ccc(C(N)=O)cc1.Cc1cc(Nc2nc(N3CCCCC3CO)cnc2C(N)=O)sn1. The molecule has 4 rings (SSSR count). The number of aliphatic hydroxyl groups is 1. The summed E-state index contributed by atoms with van der Waals surface area (Å²) in [6.45, 7) is 2.75. The molecule has 192 valence electrons. The van der Waals surface area contributed by atoms with E-state index < -0.39 is 5.91 Å². The molecule has 3 heterocycles. The number of aliphatic hydroxyl groups excluding tert-OH is 1. The largest absolute Gasteiger partial charge is 0.394 e. The van der Waals surface area contributed by atoms with E-state index in [0.717, 1.165) is 42.2 Å². The fourth-order valence-electron chi connectivity index (χ4n) is 3.74. The molecule has 1 saturated heterocycles. The highest BCUT2D eigenvalue weighted by Gasteiger charge is 2.25. The number of benzene rings is 1. The van der Waals surface area contributed by atoms with E-state index in [1.807, 2.05) is 49.0 Å². The zero-order valence-corrected chi connectivity index (χ0v) is 21.5. The van der Waals surface area contributed by atoms with Crippen molar-refractivity contribution in [3.63, 3.8) is 0 Å². The Labute approximate surface area is 214 Å². The number of hydrogen-bond acceptors (Lipinski definition) is 10. The summed E-state index contributed by atoms with van der Waals surface area (Å²) < 4.78 is 4.20. The Morgan fingerprint density at radius 2 is 1.92 bits per heavy atom. The van der Waals surface area contributed by atoms with Crippen molar-refractivity contribution < 1.29 is 14.7 Å². The van der Waals surface area contributed by atoms with Gasteiger partial charge in [-0.05, 0) is 68.1 Å². The molecule has 11 nitrogen and oxygen atoms in total. The number of carbonyl (C=O) groups is 2. The van der Waals surface area contributed by atoms with Gasteiger partial charge in [0.15, 0.2) is 11.5 Å². The standard InChI is InChI=1S/C15H20N6O2S.C9H12N2O/c1-9-6-12(24-20-9)19-15-13(14(16)23)17-7-11(18-15)21-5-3-2-4-10(21)8-22;1-11(2)8-5-3-7(4-6-8)9(10)12/h6-7,10,22H,2-5,8H2,1H3,(H2,16,23)(H,18,19);3-6H,1-2H3,(H2,10,12). The van der Waals surface area contributed by atoms with Crippen molar-refractivity contribution in [2.75, 3.05) is 42.4 Å². The van der Waals surface area contributed by atoms with Gasteiger partial charge in [0, 0.05) is 31.9 Å². The molecule has 1 aliphatic rings. The maximum atomic E-state index is 11.6. The van der Waals surface area contributed by atoms with Crippen LogP contribution in [0.4, 0.5) is 22.3 Å². The van der Waals surface area contributed by atoms with E-state index in [1.165, 1.54) is 17.7 Å². The second-order valence-corrected chi connectivity index (χ2v) is 9.38. The number of aromatic nitrogens is 3. The summed E-state index contributed by atoms with van der Waals surface area (Å²) in [5, 5.41) is 13.4. The van der Waals surface area contributed by atoms with E-state index in [4.69, 9.17) is 11.5 Å². The van der Waals surface area contributed by atoms with Crippen molar-refractivity contribution in [2.24, 2.45) is 11.5 Å². The first-order valence-electron chi connectivity index (χ1n) is 11.5. The van der Waals surface area contributed by atoms with Crippen LogP contribution in [0, 0.1) is 6.92 Å². The summed E-state index contributed by atoms with van der Waals surface area (Å²) in [5.74, 6) is -0.0937. The van der Waals surface area contributed by atoms with Crippen LogP contribution in [-0.4, -0.2) is 64.6 Å². The molecule has 1 fully saturated rings. The number of carbonyl (C=O) groups excluding carboxylic acids is 2. The molecule has 2 aromatic heterocycles. The van der Waals surface area contributed by atoms with Crippen LogP contribution in [0.25, 0.3) is 0 Å². The number of aryl methyl sites for hydroxylation is 1. The van der Waals surface area contributed by atoms with Crippen molar-refractivity contribution in [2.45, 2.75) is 32.2 Å². The summed E-state index contributed by atoms with van der Waals surface area (Å²) in [4.78, 5) is 35.1. The van der Waals surface area contributed by atoms with Gasteiger partial charge in [0.25, 0.3) is 5.91 Å². The van der Waals surface area contributed by atoms with Crippen molar-refractivity contribution >= 4 is 45.7 Å². The molecular formula is C24H32N8O3S. The quantitative estimate of drug-likeness (QED) is 0.372. The third-order valence-electron chi connectivity index (χ3n) is 5.66. The molecule has 6 N–H and O–H groups in total. The summed E-state index contributed by atoms with van der Waals surface area (Å²) in [6.07, 6.45) is 4.57. The first kappa shape index (κ1) is 26.8. The fraction of sp³-hybridized carbons (Fsp3) is 0.375. The Balaban J connectivity index is 0.000000253. The van der Waals surface area contributed by atoms with Gasteiger partial charge in [0.05, 0.1) is 24.5 Å². The normalized spacial score (nSPS) is 15.0. The van der Waals surface area contributed by atoms with Gasteiger partial charge >= 0.3 is 0 Å². The highest BCUT2D eigenvalue weighted by atomic mass is 32.1. The second-order valence-electron chi connectivity index (χ2n) is 8.58. The van der Waals surface area contributed by atoms with Crippen LogP contribution in [-0.2, 0) is 0 Å². The van der Waals surface area contributed by atoms with Gasteiger partial charge in [0.1, 0.15) is 10.8 Å². The number of rotatable bonds is 7. The molecule has 0 spiro atoms. The third kappa shape index (κ3) is 6.89. The van der Waals surface area contributed by atoms with Crippen molar-refractivity contribution in [3.8, 4) is 0 Å². The Morgan fingerprint density at radius 1 is 1.19 bits per heavy atom. The number of nitrogens with two attached hydrogens (primary N) is 2. The van der Waals surface area contributed by atoms with Crippen LogP contribution in [0.3, 0.4) is 0 Å². The van der Waals surface area contributed by atoms with E-state index in [-0.39, 0.29) is 24.2 Å². The Bertz CT molecular complexity index is 1180. The van der Waals surface area contributed by atoms with Crippen molar-refractivity contribution in [3.05, 3.63) is 53.5 Å². The van der Waals surface area contributed by atoms with Crippen LogP contribution >= 0.6 is 11.5 Å². The van der Waals surface area contributed by atoms with Crippen LogP contribution in [0.15, 0.2) is 36.5 Å². The zero-order chi connectivity index (χ0) is 26.2. The van der Waals surface area contributed by atoms with Gasteiger partial charge in [-0.15, -0.1) is 0 Å². The minimum absolute atomic E-state index is 0.0194. The minimum atomic E-state index is -0.643. The highest BCUT2D eigenvalue weighted by Crippen LogP contribution is 2.27. The van der Waals surface area contributed by atoms with Crippen LogP contribution < -0.4 is 26.6 Å². The summed E-state index contributed by atoms with van der Waals surface area (Å²) >= 11 is 1.28. The van der Waals surface area contributed by atoms with Crippen LogP contribution in [0.5, 0.6) is 0 Å². The molecule has 1 aliphatic heterocycles. The molecule has 3 aromatic rings.